The summed E-state index contributed by atoms with van der Waals surface area (Å²) >= 11 is 0. The molecule has 2 saturated heterocycles. The van der Waals surface area contributed by atoms with Gasteiger partial charge in [-0.1, -0.05) is 67.1 Å². The van der Waals surface area contributed by atoms with Crippen molar-refractivity contribution in [1.29, 1.82) is 0 Å². The number of hydrogen-bond donors (Lipinski definition) is 2. The second-order valence-electron chi connectivity index (χ2n) is 9.69. The van der Waals surface area contributed by atoms with Gasteiger partial charge in [-0.25, -0.2) is 14.8 Å². The number of likely N-dealkylation sites (N-methyl/N-ethyl adjacent to an activating group) is 1. The van der Waals surface area contributed by atoms with Crippen molar-refractivity contribution in [2.75, 3.05) is 32.8 Å². The maximum Gasteiger partial charge on any atom is 0.334 e. The highest BCUT2D eigenvalue weighted by Crippen LogP contribution is 2.28. The topological polar surface area (TPSA) is 123 Å². The number of benzene rings is 2. The summed E-state index contributed by atoms with van der Waals surface area (Å²) in [5.41, 5.74) is 3.05. The van der Waals surface area contributed by atoms with E-state index in [0.29, 0.717) is 13.2 Å². The number of nitrogens with zero attached hydrogens (tertiary/aromatic N) is 4. The number of aliphatic carboxylic acids is 1. The fraction of sp³-hybridized carbons (Fsp3) is 0.429. The number of nitrogens with one attached hydrogen (secondary N) is 1. The highest BCUT2D eigenvalue weighted by Gasteiger charge is 2.51. The Morgan fingerprint density at radius 3 is 2.44 bits per heavy atom. The Balaban J connectivity index is 1.51. The standard InChI is InChI=1S/C28H35N5O6/c1-3-31-18-25(34)32-23(15-26(35)36)27(37)30(13-14-39-19-22-11-9-20(2)10-12-22)17-24(32)33(31)28(38)29-16-21-7-5-4-6-8-21/h4-12,23-24H,3,13-19H2,1-2H3,(H,29,38)(H,35,36)/t23-,24-/m0/s1. The van der Waals surface area contributed by atoms with Gasteiger partial charge in [-0.15, -0.1) is 0 Å². The lowest BCUT2D eigenvalue weighted by atomic mass is 10.0. The minimum atomic E-state index is -1.21. The number of amides is 4. The van der Waals surface area contributed by atoms with Crippen molar-refractivity contribution < 1.29 is 29.0 Å². The molecule has 0 bridgehead atoms. The smallest absolute Gasteiger partial charge is 0.334 e. The van der Waals surface area contributed by atoms with Crippen LogP contribution in [0.1, 0.15) is 30.0 Å². The first-order chi connectivity index (χ1) is 18.8. The lowest BCUT2D eigenvalue weighted by molar-refractivity contribution is -0.191. The molecule has 4 rings (SSSR count). The van der Waals surface area contributed by atoms with E-state index in [1.807, 2.05) is 68.4 Å². The van der Waals surface area contributed by atoms with Gasteiger partial charge in [0, 0.05) is 19.6 Å². The number of fused-ring (bicyclic) bond motifs is 1. The summed E-state index contributed by atoms with van der Waals surface area (Å²) < 4.78 is 5.79. The molecule has 2 aromatic carbocycles. The van der Waals surface area contributed by atoms with Gasteiger partial charge >= 0.3 is 12.0 Å². The molecule has 0 aliphatic carbocycles. The van der Waals surface area contributed by atoms with E-state index >= 15 is 0 Å². The van der Waals surface area contributed by atoms with E-state index in [0.717, 1.165) is 16.7 Å². The Bertz CT molecular complexity index is 1170. The average molecular weight is 538 g/mol. The Morgan fingerprint density at radius 1 is 1.05 bits per heavy atom. The molecular formula is C28H35N5O6. The zero-order chi connectivity index (χ0) is 27.9. The van der Waals surface area contributed by atoms with E-state index in [4.69, 9.17) is 4.74 Å². The molecule has 2 aromatic rings. The van der Waals surface area contributed by atoms with Crippen molar-refractivity contribution in [2.45, 2.75) is 45.6 Å². The molecule has 208 valence electrons. The zero-order valence-corrected chi connectivity index (χ0v) is 22.3. The number of carbonyl (C=O) groups excluding carboxylic acids is 3. The molecule has 0 spiro atoms. The van der Waals surface area contributed by atoms with Crippen molar-refractivity contribution in [1.82, 2.24) is 25.1 Å². The Kier molecular flexibility index (Phi) is 9.15. The van der Waals surface area contributed by atoms with Gasteiger partial charge in [0.05, 0.1) is 32.7 Å². The SMILES string of the molecule is CCN1CC(=O)N2[C@@H](CC(=O)O)C(=O)N(CCOCc3ccc(C)cc3)C[C@@H]2N1C(=O)NCc1ccccc1. The van der Waals surface area contributed by atoms with Crippen LogP contribution in [0.2, 0.25) is 0 Å². The second-order valence-corrected chi connectivity index (χ2v) is 9.69. The summed E-state index contributed by atoms with van der Waals surface area (Å²) in [6, 6.07) is 15.7. The number of hydrazine groups is 1. The molecule has 0 radical (unpaired) electrons. The van der Waals surface area contributed by atoms with Crippen molar-refractivity contribution in [3.05, 3.63) is 71.3 Å². The minimum absolute atomic E-state index is 0.0455. The monoisotopic (exact) mass is 537 g/mol. The minimum Gasteiger partial charge on any atom is -0.481 e. The molecule has 4 amide bonds. The van der Waals surface area contributed by atoms with E-state index in [1.165, 1.54) is 14.8 Å². The quantitative estimate of drug-likeness (QED) is 0.443. The first-order valence-electron chi connectivity index (χ1n) is 13.1. The Labute approximate surface area is 227 Å². The fourth-order valence-corrected chi connectivity index (χ4v) is 4.93. The summed E-state index contributed by atoms with van der Waals surface area (Å²) in [4.78, 5) is 54.5. The number of carboxylic acids is 1. The lowest BCUT2D eigenvalue weighted by Crippen LogP contribution is -2.76. The van der Waals surface area contributed by atoms with Crippen LogP contribution in [0.25, 0.3) is 0 Å². The second kappa shape index (κ2) is 12.7. The van der Waals surface area contributed by atoms with Crippen LogP contribution in [0.3, 0.4) is 0 Å². The van der Waals surface area contributed by atoms with Gasteiger partial charge < -0.3 is 25.0 Å². The largest absolute Gasteiger partial charge is 0.481 e. The van der Waals surface area contributed by atoms with Gasteiger partial charge in [0.2, 0.25) is 11.8 Å². The number of carbonyl (C=O) groups is 4. The van der Waals surface area contributed by atoms with E-state index in [2.05, 4.69) is 5.32 Å². The predicted octanol–water partition coefficient (Wildman–Crippen LogP) is 1.81. The van der Waals surface area contributed by atoms with Crippen LogP contribution in [-0.2, 0) is 32.3 Å². The molecule has 2 aliphatic heterocycles. The maximum absolute atomic E-state index is 13.5. The molecule has 2 atom stereocenters. The fourth-order valence-electron chi connectivity index (χ4n) is 4.93. The molecule has 11 heteroatoms. The molecule has 39 heavy (non-hydrogen) atoms. The van der Waals surface area contributed by atoms with Crippen molar-refractivity contribution >= 4 is 23.8 Å². The first-order valence-corrected chi connectivity index (χ1v) is 13.1. The summed E-state index contributed by atoms with van der Waals surface area (Å²) in [5, 5.41) is 15.5. The van der Waals surface area contributed by atoms with Gasteiger partial charge in [0.1, 0.15) is 12.2 Å². The molecule has 2 aliphatic rings. The van der Waals surface area contributed by atoms with Crippen molar-refractivity contribution in [3.8, 4) is 0 Å². The number of aryl methyl sites for hydroxylation is 1. The van der Waals surface area contributed by atoms with Gasteiger partial charge in [-0.2, -0.15) is 0 Å². The third kappa shape index (κ3) is 6.73. The summed E-state index contributed by atoms with van der Waals surface area (Å²) in [5.74, 6) is -2.05. The molecule has 2 N–H and O–H groups in total. The first kappa shape index (κ1) is 28.1. The van der Waals surface area contributed by atoms with Gasteiger partial charge in [0.25, 0.3) is 0 Å². The van der Waals surface area contributed by atoms with Gasteiger partial charge in [-0.3, -0.25) is 14.4 Å². The Hall–Kier alpha value is -3.96. The highest BCUT2D eigenvalue weighted by molar-refractivity contribution is 5.93. The highest BCUT2D eigenvalue weighted by atomic mass is 16.5. The number of piperazine rings is 1. The number of hydrogen-bond acceptors (Lipinski definition) is 6. The van der Waals surface area contributed by atoms with Crippen LogP contribution in [0.4, 0.5) is 4.79 Å². The number of carboxylic acid groups (broad SMARTS) is 1. The van der Waals surface area contributed by atoms with Crippen LogP contribution in [0.15, 0.2) is 54.6 Å². The molecular weight excluding hydrogens is 502 g/mol. The molecule has 0 saturated carbocycles. The number of rotatable bonds is 10. The van der Waals surface area contributed by atoms with Crippen LogP contribution < -0.4 is 5.32 Å². The van der Waals surface area contributed by atoms with Crippen LogP contribution in [0.5, 0.6) is 0 Å². The molecule has 2 fully saturated rings. The van der Waals surface area contributed by atoms with E-state index < -0.39 is 36.5 Å². The molecule has 0 aromatic heterocycles. The predicted molar refractivity (Wildman–Crippen MR) is 142 cm³/mol. The molecule has 11 nitrogen and oxygen atoms in total. The summed E-state index contributed by atoms with van der Waals surface area (Å²) in [7, 11) is 0. The maximum atomic E-state index is 13.5. The van der Waals surface area contributed by atoms with E-state index in [1.54, 1.807) is 5.01 Å². The summed E-state index contributed by atoms with van der Waals surface area (Å²) in [6.07, 6.45) is -1.39. The van der Waals surface area contributed by atoms with E-state index in [-0.39, 0.29) is 38.7 Å². The molecule has 2 heterocycles. The van der Waals surface area contributed by atoms with Crippen LogP contribution in [-0.4, -0.2) is 93.7 Å². The van der Waals surface area contributed by atoms with Crippen molar-refractivity contribution in [3.63, 3.8) is 0 Å². The zero-order valence-electron chi connectivity index (χ0n) is 22.3. The van der Waals surface area contributed by atoms with Crippen molar-refractivity contribution in [2.24, 2.45) is 0 Å². The third-order valence-corrected chi connectivity index (χ3v) is 6.95. The lowest BCUT2D eigenvalue weighted by Gasteiger charge is -2.54. The number of ether oxygens (including phenoxy) is 1. The third-order valence-electron chi connectivity index (χ3n) is 6.95. The normalized spacial score (nSPS) is 19.7. The average Bonchev–Trinajstić information content (AvgIpc) is 2.92. The molecule has 0 unspecified atom stereocenters. The van der Waals surface area contributed by atoms with Crippen LogP contribution in [0, 0.1) is 6.92 Å². The summed E-state index contributed by atoms with van der Waals surface area (Å²) in [6.45, 7) is 5.20. The Morgan fingerprint density at radius 2 is 1.77 bits per heavy atom. The number of urea groups is 1. The van der Waals surface area contributed by atoms with E-state index in [9.17, 15) is 24.3 Å². The van der Waals surface area contributed by atoms with Gasteiger partial charge in [0.15, 0.2) is 0 Å². The van der Waals surface area contributed by atoms with Crippen LogP contribution >= 0.6 is 0 Å². The van der Waals surface area contributed by atoms with Gasteiger partial charge in [-0.05, 0) is 18.1 Å².